The average Bonchev–Trinajstić information content (AvgIpc) is 3.52. The number of carbonyl (C=O) groups excluding carboxylic acids is 2. The number of rotatable bonds is 6. The van der Waals surface area contributed by atoms with Crippen LogP contribution in [0.15, 0.2) is 54.7 Å². The fraction of sp³-hybridized carbons (Fsp3) is 0.432. The Morgan fingerprint density at radius 3 is 2.46 bits per heavy atom. The van der Waals surface area contributed by atoms with Gasteiger partial charge in [-0.15, -0.1) is 10.2 Å². The van der Waals surface area contributed by atoms with E-state index in [1.807, 2.05) is 6.07 Å². The van der Waals surface area contributed by atoms with Crippen molar-refractivity contribution >= 4 is 23.3 Å². The zero-order chi connectivity index (χ0) is 34.4. The summed E-state index contributed by atoms with van der Waals surface area (Å²) in [5.74, 6) is 0.529. The summed E-state index contributed by atoms with van der Waals surface area (Å²) in [5.41, 5.74) is 9.84. The number of aromatic nitrogens is 4. The highest BCUT2D eigenvalue weighted by Gasteiger charge is 2.37. The molecule has 0 spiro atoms. The Morgan fingerprint density at radius 1 is 0.880 bits per heavy atom. The number of imide groups is 1. The lowest BCUT2D eigenvalue weighted by Crippen LogP contribution is -2.54. The van der Waals surface area contributed by atoms with E-state index in [2.05, 4.69) is 42.5 Å². The third kappa shape index (κ3) is 5.93. The molecule has 0 unspecified atom stereocenters. The molecule has 1 saturated carbocycles. The molecule has 12 nitrogen and oxygen atoms in total. The number of halogens is 1. The maximum atomic E-state index is 15.9. The van der Waals surface area contributed by atoms with Gasteiger partial charge in [-0.05, 0) is 80.7 Å². The molecular weight excluding hydrogens is 639 g/mol. The molecule has 2 saturated heterocycles. The molecule has 2 amide bonds. The number of phenolic OH excluding ortho intramolecular Hbond substituents is 1. The van der Waals surface area contributed by atoms with Gasteiger partial charge in [-0.2, -0.15) is 9.49 Å². The first-order chi connectivity index (χ1) is 24.4. The Hall–Kier alpha value is -5.04. The molecule has 50 heavy (non-hydrogen) atoms. The maximum Gasteiger partial charge on any atom is 0.249 e. The molecule has 0 bridgehead atoms. The third-order valence-corrected chi connectivity index (χ3v) is 11.0. The Morgan fingerprint density at radius 2 is 1.68 bits per heavy atom. The van der Waals surface area contributed by atoms with E-state index < -0.39 is 5.95 Å². The summed E-state index contributed by atoms with van der Waals surface area (Å²) in [6.45, 7) is 2.87. The number of aromatic hydroxyl groups is 1. The number of ether oxygens (including phenoxy) is 1. The fourth-order valence-electron chi connectivity index (χ4n) is 8.39. The predicted octanol–water partition coefficient (Wildman–Crippen LogP) is 4.80. The minimum atomic E-state index is -0.448. The van der Waals surface area contributed by atoms with E-state index in [-0.39, 0.29) is 41.0 Å². The first-order valence-corrected chi connectivity index (χ1v) is 17.6. The topological polar surface area (TPSA) is 152 Å². The summed E-state index contributed by atoms with van der Waals surface area (Å²) in [5, 5.41) is 25.4. The van der Waals surface area contributed by atoms with Crippen molar-refractivity contribution in [3.05, 3.63) is 66.2 Å². The minimum absolute atomic E-state index is 0.0558. The number of hydrogen-bond acceptors (Lipinski definition) is 10. The number of nitrogens with zero attached hydrogens (tertiary/aromatic N) is 6. The second-order valence-electron chi connectivity index (χ2n) is 13.8. The number of nitrogens with two attached hydrogens (primary N) is 1. The summed E-state index contributed by atoms with van der Waals surface area (Å²) in [7, 11) is 0. The van der Waals surface area contributed by atoms with Crippen molar-refractivity contribution in [3.8, 4) is 33.9 Å². The molecule has 13 heteroatoms. The molecule has 1 aliphatic carbocycles. The molecule has 2 aromatic heterocycles. The van der Waals surface area contributed by atoms with Crippen molar-refractivity contribution in [2.75, 3.05) is 36.9 Å². The van der Waals surface area contributed by atoms with Crippen LogP contribution in [0.5, 0.6) is 11.5 Å². The highest BCUT2D eigenvalue weighted by Crippen LogP contribution is 2.45. The van der Waals surface area contributed by atoms with Gasteiger partial charge < -0.3 is 25.4 Å². The number of fused-ring (bicyclic) bond motifs is 1. The van der Waals surface area contributed by atoms with Gasteiger partial charge in [0.05, 0.1) is 35.7 Å². The molecule has 1 atom stereocenters. The molecule has 5 heterocycles. The van der Waals surface area contributed by atoms with Crippen LogP contribution in [0.4, 0.5) is 15.9 Å². The summed E-state index contributed by atoms with van der Waals surface area (Å²) in [6, 6.07) is 14.7. The number of piperidine rings is 2. The highest BCUT2D eigenvalue weighted by molar-refractivity contribution is 6.02. The molecule has 260 valence electrons. The van der Waals surface area contributed by atoms with Crippen molar-refractivity contribution in [2.45, 2.75) is 75.4 Å². The number of nitrogen functional groups attached to an aromatic ring is 1. The number of phenols is 1. The van der Waals surface area contributed by atoms with Gasteiger partial charge >= 0.3 is 0 Å². The Balaban J connectivity index is 0.900. The summed E-state index contributed by atoms with van der Waals surface area (Å²) in [4.78, 5) is 29.1. The van der Waals surface area contributed by atoms with Crippen LogP contribution in [-0.4, -0.2) is 80.1 Å². The molecular formula is C37H41FN8O4. The van der Waals surface area contributed by atoms with E-state index >= 15 is 4.39 Å². The van der Waals surface area contributed by atoms with E-state index in [1.54, 1.807) is 30.3 Å². The van der Waals surface area contributed by atoms with E-state index in [9.17, 15) is 14.7 Å². The lowest BCUT2D eigenvalue weighted by molar-refractivity contribution is -0.134. The second-order valence-corrected chi connectivity index (χ2v) is 13.8. The number of nitrogens with one attached hydrogen (secondary N) is 1. The number of amides is 2. The largest absolute Gasteiger partial charge is 0.507 e. The average molecular weight is 681 g/mol. The number of para-hydroxylation sites is 2. The lowest BCUT2D eigenvalue weighted by Gasteiger charge is -2.42. The molecule has 0 radical (unpaired) electrons. The lowest BCUT2D eigenvalue weighted by atomic mass is 9.80. The Bertz CT molecular complexity index is 1920. The zero-order valence-corrected chi connectivity index (χ0v) is 27.8. The smallest absolute Gasteiger partial charge is 0.249 e. The van der Waals surface area contributed by atoms with Crippen LogP contribution < -0.4 is 20.7 Å². The maximum absolute atomic E-state index is 15.9. The monoisotopic (exact) mass is 680 g/mol. The van der Waals surface area contributed by atoms with Crippen LogP contribution in [-0.2, 0) is 9.59 Å². The van der Waals surface area contributed by atoms with Gasteiger partial charge in [0.15, 0.2) is 5.82 Å². The SMILES string of the molecule is Nc1nnc(-c2ccccc2O)cc1-c1cnn(C2CCN([C@H]3CC[C@H](c4cccc5c4OCCN5[C@H]4CCC(=O)NC4=O)CC3)CC2)c1F. The third-order valence-electron chi connectivity index (χ3n) is 11.0. The number of anilines is 2. The van der Waals surface area contributed by atoms with Crippen LogP contribution in [0.25, 0.3) is 22.4 Å². The van der Waals surface area contributed by atoms with Crippen molar-refractivity contribution in [1.29, 1.82) is 0 Å². The number of likely N-dealkylation sites (tertiary alicyclic amines) is 1. The number of hydrogen-bond donors (Lipinski definition) is 3. The van der Waals surface area contributed by atoms with Gasteiger partial charge in [0.2, 0.25) is 17.8 Å². The van der Waals surface area contributed by atoms with Gasteiger partial charge in [0.1, 0.15) is 24.1 Å². The Kier molecular flexibility index (Phi) is 8.59. The van der Waals surface area contributed by atoms with Gasteiger partial charge in [0.25, 0.3) is 0 Å². The number of carbonyl (C=O) groups is 2. The van der Waals surface area contributed by atoms with E-state index in [1.165, 1.54) is 16.4 Å². The first kappa shape index (κ1) is 32.2. The summed E-state index contributed by atoms with van der Waals surface area (Å²) >= 11 is 0. The number of benzene rings is 2. The first-order valence-electron chi connectivity index (χ1n) is 17.6. The fourth-order valence-corrected chi connectivity index (χ4v) is 8.39. The van der Waals surface area contributed by atoms with E-state index in [0.717, 1.165) is 63.1 Å². The van der Waals surface area contributed by atoms with Crippen molar-refractivity contribution in [3.63, 3.8) is 0 Å². The zero-order valence-electron chi connectivity index (χ0n) is 27.8. The molecule has 3 fully saturated rings. The Labute approximate surface area is 289 Å². The molecule has 8 rings (SSSR count). The quantitative estimate of drug-likeness (QED) is 0.242. The van der Waals surface area contributed by atoms with Gasteiger partial charge in [-0.3, -0.25) is 14.9 Å². The van der Waals surface area contributed by atoms with Gasteiger partial charge in [-0.25, -0.2) is 4.68 Å². The van der Waals surface area contributed by atoms with Crippen LogP contribution in [0.1, 0.15) is 68.9 Å². The normalized spacial score (nSPS) is 23.3. The van der Waals surface area contributed by atoms with E-state index in [4.69, 9.17) is 10.5 Å². The van der Waals surface area contributed by atoms with Crippen molar-refractivity contribution < 1.29 is 23.8 Å². The van der Waals surface area contributed by atoms with Crippen LogP contribution in [0, 0.1) is 5.95 Å². The van der Waals surface area contributed by atoms with Crippen LogP contribution in [0.3, 0.4) is 0 Å². The van der Waals surface area contributed by atoms with Crippen LogP contribution >= 0.6 is 0 Å². The molecule has 4 aromatic rings. The van der Waals surface area contributed by atoms with Crippen molar-refractivity contribution in [2.24, 2.45) is 0 Å². The predicted molar refractivity (Wildman–Crippen MR) is 185 cm³/mol. The molecule has 4 aliphatic rings. The second kappa shape index (κ2) is 13.3. The summed E-state index contributed by atoms with van der Waals surface area (Å²) < 4.78 is 23.7. The summed E-state index contributed by atoms with van der Waals surface area (Å²) in [6.07, 6.45) is 8.19. The standard InChI is InChI=1S/C37H41FN8O4/c38-35-28(27-20-29(42-43-36(27)39)26-4-1-2-7-32(26)47)21-40-46(35)24-14-16-44(17-15-24)23-10-8-22(9-11-23)25-5-3-6-30-34(25)50-19-18-45(30)31-12-13-33(48)41-37(31)49/h1-7,20-24,31,47H,8-19H2,(H2,39,43)(H,41,48,49)/t22-,23-,31-/m0/s1. The highest BCUT2D eigenvalue weighted by atomic mass is 19.1. The minimum Gasteiger partial charge on any atom is -0.507 e. The van der Waals surface area contributed by atoms with E-state index in [0.29, 0.717) is 54.8 Å². The van der Waals surface area contributed by atoms with Gasteiger partial charge in [0, 0.05) is 36.7 Å². The van der Waals surface area contributed by atoms with Gasteiger partial charge in [-0.1, -0.05) is 24.3 Å². The van der Waals surface area contributed by atoms with Crippen molar-refractivity contribution in [1.82, 2.24) is 30.2 Å². The molecule has 4 N–H and O–H groups in total. The van der Waals surface area contributed by atoms with Crippen LogP contribution in [0.2, 0.25) is 0 Å². The molecule has 2 aromatic carbocycles. The molecule has 3 aliphatic heterocycles.